The fourth-order valence-electron chi connectivity index (χ4n) is 6.86. The summed E-state index contributed by atoms with van der Waals surface area (Å²) < 4.78 is 5.37. The number of nitro groups is 1. The number of rotatable bonds is 3. The number of anilines is 2. The quantitative estimate of drug-likeness (QED) is 0.411. The molecule has 10 heteroatoms. The molecule has 3 saturated heterocycles. The number of aryl methyl sites for hydroxylation is 2. The molecule has 0 aliphatic carbocycles. The van der Waals surface area contributed by atoms with Crippen LogP contribution in [0.25, 0.3) is 0 Å². The number of carbonyl (C=O) groups is 3. The number of hydrogen-bond acceptors (Lipinski definition) is 7. The van der Waals surface area contributed by atoms with E-state index in [2.05, 4.69) is 10.2 Å². The highest BCUT2D eigenvalue weighted by atomic mass is 16.6. The van der Waals surface area contributed by atoms with E-state index in [4.69, 9.17) is 4.74 Å². The minimum atomic E-state index is -1.30. The summed E-state index contributed by atoms with van der Waals surface area (Å²) in [5, 5.41) is 14.5. The summed E-state index contributed by atoms with van der Waals surface area (Å²) in [5.41, 5.74) is 1.76. The highest BCUT2D eigenvalue weighted by molar-refractivity contribution is 6.26. The van der Waals surface area contributed by atoms with Gasteiger partial charge in [0.25, 0.3) is 5.69 Å². The number of benzene rings is 2. The predicted octanol–water partition coefficient (Wildman–Crippen LogP) is 2.65. The largest absolute Gasteiger partial charge is 0.495 e. The summed E-state index contributed by atoms with van der Waals surface area (Å²) in [5.74, 6) is -2.76. The molecule has 0 saturated carbocycles. The highest BCUT2D eigenvalue weighted by Gasteiger charge is 2.75. The van der Waals surface area contributed by atoms with Crippen LogP contribution in [0.1, 0.15) is 29.5 Å². The zero-order chi connectivity index (χ0) is 24.8. The maximum absolute atomic E-state index is 14.1. The maximum atomic E-state index is 14.1. The smallest absolute Gasteiger partial charge is 0.271 e. The van der Waals surface area contributed by atoms with Crippen LogP contribution in [0, 0.1) is 35.8 Å². The zero-order valence-electron chi connectivity index (χ0n) is 19.5. The number of nitro benzene ring substituents is 1. The lowest BCUT2D eigenvalue weighted by atomic mass is 9.75. The lowest BCUT2D eigenvalue weighted by Gasteiger charge is -2.37. The molecule has 2 aromatic carbocycles. The molecular formula is C25H24N4O6. The van der Waals surface area contributed by atoms with Gasteiger partial charge in [0.2, 0.25) is 17.7 Å². The molecule has 180 valence electrons. The van der Waals surface area contributed by atoms with Crippen molar-refractivity contribution in [3.8, 4) is 5.75 Å². The zero-order valence-corrected chi connectivity index (χ0v) is 19.5. The van der Waals surface area contributed by atoms with Crippen molar-refractivity contribution in [1.82, 2.24) is 4.90 Å². The molecule has 1 spiro atoms. The van der Waals surface area contributed by atoms with E-state index in [9.17, 15) is 24.5 Å². The van der Waals surface area contributed by atoms with Crippen LogP contribution in [-0.4, -0.2) is 47.2 Å². The molecule has 0 aromatic heterocycles. The van der Waals surface area contributed by atoms with Crippen molar-refractivity contribution in [2.45, 2.75) is 38.3 Å². The molecule has 4 aliphatic rings. The fourth-order valence-corrected chi connectivity index (χ4v) is 6.86. The normalized spacial score (nSPS) is 28.9. The van der Waals surface area contributed by atoms with Gasteiger partial charge in [-0.15, -0.1) is 0 Å². The standard InChI is InChI=1S/C25H24N4O6/c1-12-9-13(2)21-15(10-12)25(24(32)26-21)20-19(16-5-4-8-27(16)25)22(30)28(23(20)31)17-11-14(29(33)34)6-7-18(17)35-3/h6-7,9-11,16,19-20H,4-5,8H2,1-3H3,(H,26,32)/t16-,19-,20+,25+/m1/s1. The van der Waals surface area contributed by atoms with Crippen LogP contribution in [0.5, 0.6) is 5.75 Å². The van der Waals surface area contributed by atoms with Gasteiger partial charge in [-0.3, -0.25) is 29.4 Å². The van der Waals surface area contributed by atoms with Crippen molar-refractivity contribution in [3.63, 3.8) is 0 Å². The van der Waals surface area contributed by atoms with Crippen molar-refractivity contribution in [1.29, 1.82) is 0 Å². The molecule has 0 radical (unpaired) electrons. The number of hydrogen-bond donors (Lipinski definition) is 1. The summed E-state index contributed by atoms with van der Waals surface area (Å²) in [4.78, 5) is 55.8. The first kappa shape index (κ1) is 21.7. The second-order valence-corrected chi connectivity index (χ2v) is 9.76. The average Bonchev–Trinajstić information content (AvgIpc) is 3.52. The van der Waals surface area contributed by atoms with Gasteiger partial charge in [-0.1, -0.05) is 17.7 Å². The highest BCUT2D eigenvalue weighted by Crippen LogP contribution is 2.61. The summed E-state index contributed by atoms with van der Waals surface area (Å²) in [7, 11) is 1.38. The number of nitrogens with zero attached hydrogens (tertiary/aromatic N) is 3. The van der Waals surface area contributed by atoms with Crippen LogP contribution in [0.2, 0.25) is 0 Å². The summed E-state index contributed by atoms with van der Waals surface area (Å²) in [6.07, 6.45) is 1.50. The number of methoxy groups -OCH3 is 1. The van der Waals surface area contributed by atoms with E-state index < -0.39 is 34.1 Å². The number of imide groups is 1. The third-order valence-electron chi connectivity index (χ3n) is 8.06. The van der Waals surface area contributed by atoms with Gasteiger partial charge in [-0.2, -0.15) is 0 Å². The van der Waals surface area contributed by atoms with Gasteiger partial charge in [-0.05, 0) is 44.9 Å². The van der Waals surface area contributed by atoms with Crippen LogP contribution in [0.3, 0.4) is 0 Å². The van der Waals surface area contributed by atoms with Gasteiger partial charge in [0.05, 0.1) is 23.9 Å². The van der Waals surface area contributed by atoms with Crippen molar-refractivity contribution >= 4 is 34.8 Å². The minimum absolute atomic E-state index is 0.0323. The van der Waals surface area contributed by atoms with E-state index in [0.29, 0.717) is 18.7 Å². The van der Waals surface area contributed by atoms with E-state index >= 15 is 0 Å². The number of nitrogens with one attached hydrogen (secondary N) is 1. The van der Waals surface area contributed by atoms with Gasteiger partial charge >= 0.3 is 0 Å². The molecule has 1 N–H and O–H groups in total. The molecule has 0 bridgehead atoms. The molecule has 0 unspecified atom stereocenters. The van der Waals surface area contributed by atoms with Crippen molar-refractivity contribution < 1.29 is 24.0 Å². The van der Waals surface area contributed by atoms with E-state index in [-0.39, 0.29) is 29.1 Å². The summed E-state index contributed by atoms with van der Waals surface area (Å²) >= 11 is 0. The second-order valence-electron chi connectivity index (χ2n) is 9.76. The van der Waals surface area contributed by atoms with Crippen LogP contribution in [0.4, 0.5) is 17.1 Å². The molecule has 2 aromatic rings. The van der Waals surface area contributed by atoms with Gasteiger partial charge < -0.3 is 10.1 Å². The number of ether oxygens (including phenoxy) is 1. The number of carbonyl (C=O) groups excluding carboxylic acids is 3. The van der Waals surface area contributed by atoms with Crippen LogP contribution in [-0.2, 0) is 19.9 Å². The van der Waals surface area contributed by atoms with E-state index in [1.807, 2.05) is 26.0 Å². The fraction of sp³-hybridized carbons (Fsp3) is 0.400. The van der Waals surface area contributed by atoms with Gasteiger partial charge in [-0.25, -0.2) is 4.90 Å². The monoisotopic (exact) mass is 476 g/mol. The molecule has 4 aliphatic heterocycles. The van der Waals surface area contributed by atoms with Gasteiger partial charge in [0.15, 0.2) is 0 Å². The first-order valence-electron chi connectivity index (χ1n) is 11.6. The molecule has 4 atom stereocenters. The molecule has 6 rings (SSSR count). The Morgan fingerprint density at radius 2 is 1.91 bits per heavy atom. The first-order chi connectivity index (χ1) is 16.7. The Labute approximate surface area is 201 Å². The third-order valence-corrected chi connectivity index (χ3v) is 8.06. The Morgan fingerprint density at radius 3 is 2.63 bits per heavy atom. The summed E-state index contributed by atoms with van der Waals surface area (Å²) in [6.45, 7) is 4.47. The minimum Gasteiger partial charge on any atom is -0.495 e. The SMILES string of the molecule is COc1ccc([N+](=O)[O-])cc1N1C(=O)[C@@H]2[C@H]3CCCN3[C@]3(C(=O)Nc4c(C)cc(C)cc43)[C@@H]2C1=O. The Hall–Kier alpha value is -3.79. The van der Waals surface area contributed by atoms with Crippen molar-refractivity contribution in [2.24, 2.45) is 11.8 Å². The Balaban J connectivity index is 1.57. The van der Waals surface area contributed by atoms with Crippen LogP contribution >= 0.6 is 0 Å². The lowest BCUT2D eigenvalue weighted by Crippen LogP contribution is -2.54. The number of amides is 3. The molecule has 3 amide bonds. The van der Waals surface area contributed by atoms with Crippen molar-refractivity contribution in [3.05, 3.63) is 57.1 Å². The molecule has 35 heavy (non-hydrogen) atoms. The van der Waals surface area contributed by atoms with Crippen molar-refractivity contribution in [2.75, 3.05) is 23.9 Å². The Bertz CT molecular complexity index is 1360. The average molecular weight is 476 g/mol. The topological polar surface area (TPSA) is 122 Å². The van der Waals surface area contributed by atoms with E-state index in [1.165, 1.54) is 25.3 Å². The second kappa shape index (κ2) is 7.11. The third kappa shape index (κ3) is 2.54. The van der Waals surface area contributed by atoms with E-state index in [0.717, 1.165) is 28.0 Å². The molecule has 4 heterocycles. The molecule has 10 nitrogen and oxygen atoms in total. The maximum Gasteiger partial charge on any atom is 0.271 e. The van der Waals surface area contributed by atoms with Crippen LogP contribution < -0.4 is 15.0 Å². The van der Waals surface area contributed by atoms with Gasteiger partial charge in [0.1, 0.15) is 17.0 Å². The number of fused-ring (bicyclic) bond motifs is 7. The Morgan fingerprint density at radius 1 is 1.14 bits per heavy atom. The van der Waals surface area contributed by atoms with E-state index in [1.54, 1.807) is 0 Å². The van der Waals surface area contributed by atoms with Crippen LogP contribution in [0.15, 0.2) is 30.3 Å². The lowest BCUT2D eigenvalue weighted by molar-refractivity contribution is -0.384. The Kier molecular flexibility index (Phi) is 4.41. The first-order valence-corrected chi connectivity index (χ1v) is 11.6. The molecular weight excluding hydrogens is 452 g/mol. The van der Waals surface area contributed by atoms with Gasteiger partial charge in [0, 0.05) is 29.4 Å². The number of non-ortho nitro benzene ring substituents is 1. The molecule has 3 fully saturated rings. The predicted molar refractivity (Wildman–Crippen MR) is 125 cm³/mol. The summed E-state index contributed by atoms with van der Waals surface area (Å²) in [6, 6.07) is 7.47.